The lowest BCUT2D eigenvalue weighted by Gasteiger charge is -2.20. The van der Waals surface area contributed by atoms with E-state index in [-0.39, 0.29) is 11.3 Å². The maximum absolute atomic E-state index is 12.9. The summed E-state index contributed by atoms with van der Waals surface area (Å²) in [7, 11) is -2.27. The number of carbonyl (C=O) groups is 2. The third-order valence-corrected chi connectivity index (χ3v) is 7.62. The second-order valence-electron chi connectivity index (χ2n) is 8.06. The molecule has 0 saturated carbocycles. The molecule has 0 spiro atoms. The van der Waals surface area contributed by atoms with E-state index in [4.69, 9.17) is 4.74 Å². The van der Waals surface area contributed by atoms with Gasteiger partial charge < -0.3 is 10.1 Å². The normalized spacial score (nSPS) is 16.1. The van der Waals surface area contributed by atoms with Gasteiger partial charge in [0, 0.05) is 18.7 Å². The van der Waals surface area contributed by atoms with E-state index >= 15 is 0 Å². The van der Waals surface area contributed by atoms with E-state index in [2.05, 4.69) is 5.32 Å². The number of hydrogen-bond acceptors (Lipinski definition) is 5. The number of sulfonamides is 1. The number of aryl methyl sites for hydroxylation is 1. The molecular weight excluding hydrogens is 428 g/mol. The van der Waals surface area contributed by atoms with Crippen LogP contribution in [-0.4, -0.2) is 44.8 Å². The van der Waals surface area contributed by atoms with Crippen molar-refractivity contribution in [2.75, 3.05) is 20.2 Å². The number of ether oxygens (including phenoxy) is 1. The number of hydrogen-bond donors (Lipinski definition) is 1. The van der Waals surface area contributed by atoms with Crippen LogP contribution in [0.1, 0.15) is 59.6 Å². The van der Waals surface area contributed by atoms with Gasteiger partial charge in [-0.3, -0.25) is 9.59 Å². The molecule has 1 fully saturated rings. The highest BCUT2D eigenvalue weighted by Crippen LogP contribution is 2.22. The van der Waals surface area contributed by atoms with Crippen molar-refractivity contribution >= 4 is 21.9 Å². The first-order valence-corrected chi connectivity index (χ1v) is 12.3. The molecule has 3 rings (SSSR count). The van der Waals surface area contributed by atoms with E-state index in [1.807, 2.05) is 31.2 Å². The minimum atomic E-state index is -3.58. The van der Waals surface area contributed by atoms with Gasteiger partial charge in [-0.05, 0) is 49.6 Å². The molecule has 32 heavy (non-hydrogen) atoms. The van der Waals surface area contributed by atoms with Gasteiger partial charge in [0.05, 0.1) is 24.5 Å². The fourth-order valence-corrected chi connectivity index (χ4v) is 5.27. The predicted octanol–water partition coefficient (Wildman–Crippen LogP) is 3.59. The standard InChI is InChI=1S/C24H30N2O5S/c1-18-7-9-19(10-8-18)22(17-23(27)31-2)25-24(28)20-11-13-21(14-12-20)32(29,30)26-15-5-3-4-6-16-26/h7-14,22H,3-6,15-17H2,1-2H3,(H,25,28)/t22-/m0/s1. The number of benzene rings is 2. The molecule has 0 aromatic heterocycles. The summed E-state index contributed by atoms with van der Waals surface area (Å²) in [5.41, 5.74) is 2.18. The Balaban J connectivity index is 1.75. The number of carbonyl (C=O) groups excluding carboxylic acids is 2. The average molecular weight is 459 g/mol. The van der Waals surface area contributed by atoms with Gasteiger partial charge in [-0.2, -0.15) is 4.31 Å². The van der Waals surface area contributed by atoms with Crippen LogP contribution in [0, 0.1) is 6.92 Å². The molecule has 1 N–H and O–H groups in total. The van der Waals surface area contributed by atoms with Gasteiger partial charge in [-0.25, -0.2) is 8.42 Å². The van der Waals surface area contributed by atoms with Crippen LogP contribution >= 0.6 is 0 Å². The quantitative estimate of drug-likeness (QED) is 0.640. The molecule has 1 atom stereocenters. The van der Waals surface area contributed by atoms with Crippen molar-refractivity contribution < 1.29 is 22.7 Å². The first-order valence-electron chi connectivity index (χ1n) is 10.9. The number of esters is 1. The number of nitrogens with one attached hydrogen (secondary N) is 1. The Bertz CT molecular complexity index is 1030. The third kappa shape index (κ3) is 5.95. The fourth-order valence-electron chi connectivity index (χ4n) is 3.75. The lowest BCUT2D eigenvalue weighted by Crippen LogP contribution is -2.32. The Morgan fingerprint density at radius 1 is 0.969 bits per heavy atom. The van der Waals surface area contributed by atoms with Gasteiger partial charge in [-0.1, -0.05) is 42.7 Å². The fraction of sp³-hybridized carbons (Fsp3) is 0.417. The Morgan fingerprint density at radius 2 is 1.56 bits per heavy atom. The topological polar surface area (TPSA) is 92.8 Å². The largest absolute Gasteiger partial charge is 0.469 e. The molecule has 0 aliphatic carbocycles. The molecule has 1 aliphatic rings. The molecule has 1 aliphatic heterocycles. The van der Waals surface area contributed by atoms with Crippen LogP contribution in [0.3, 0.4) is 0 Å². The SMILES string of the molecule is COC(=O)C[C@H](NC(=O)c1ccc(S(=O)(=O)N2CCCCCC2)cc1)c1ccc(C)cc1. The Morgan fingerprint density at radius 3 is 2.12 bits per heavy atom. The summed E-state index contributed by atoms with van der Waals surface area (Å²) >= 11 is 0. The third-order valence-electron chi connectivity index (χ3n) is 5.70. The van der Waals surface area contributed by atoms with Crippen molar-refractivity contribution in [3.8, 4) is 0 Å². The van der Waals surface area contributed by atoms with Crippen LogP contribution in [0.15, 0.2) is 53.4 Å². The molecule has 2 aromatic rings. The van der Waals surface area contributed by atoms with E-state index in [1.54, 1.807) is 0 Å². The van der Waals surface area contributed by atoms with Crippen LogP contribution < -0.4 is 5.32 Å². The van der Waals surface area contributed by atoms with Crippen LogP contribution in [0.5, 0.6) is 0 Å². The highest BCUT2D eigenvalue weighted by Gasteiger charge is 2.26. The number of nitrogens with zero attached hydrogens (tertiary/aromatic N) is 1. The number of amides is 1. The molecular formula is C24H30N2O5S. The van der Waals surface area contributed by atoms with Crippen molar-refractivity contribution in [3.63, 3.8) is 0 Å². The molecule has 1 amide bonds. The maximum Gasteiger partial charge on any atom is 0.307 e. The molecule has 0 bridgehead atoms. The summed E-state index contributed by atoms with van der Waals surface area (Å²) in [6.45, 7) is 3.01. The molecule has 7 nitrogen and oxygen atoms in total. The van der Waals surface area contributed by atoms with Crippen molar-refractivity contribution in [2.45, 2.75) is 50.0 Å². The molecule has 0 radical (unpaired) electrons. The summed E-state index contributed by atoms with van der Waals surface area (Å²) in [5, 5.41) is 2.86. The van der Waals surface area contributed by atoms with E-state index < -0.39 is 27.9 Å². The summed E-state index contributed by atoms with van der Waals surface area (Å²) in [6, 6.07) is 12.9. The number of methoxy groups -OCH3 is 1. The van der Waals surface area contributed by atoms with Crippen molar-refractivity contribution in [3.05, 3.63) is 65.2 Å². The van der Waals surface area contributed by atoms with Gasteiger partial charge in [-0.15, -0.1) is 0 Å². The molecule has 0 unspecified atom stereocenters. The van der Waals surface area contributed by atoms with Crippen molar-refractivity contribution in [1.82, 2.24) is 9.62 Å². The zero-order valence-corrected chi connectivity index (χ0v) is 19.4. The lowest BCUT2D eigenvalue weighted by atomic mass is 10.0. The van der Waals surface area contributed by atoms with Gasteiger partial charge in [0.1, 0.15) is 0 Å². The first kappa shape index (κ1) is 23.9. The highest BCUT2D eigenvalue weighted by molar-refractivity contribution is 7.89. The van der Waals surface area contributed by atoms with Crippen LogP contribution in [-0.2, 0) is 19.6 Å². The molecule has 2 aromatic carbocycles. The average Bonchev–Trinajstić information content (AvgIpc) is 3.09. The molecule has 1 saturated heterocycles. The Labute approximate surface area is 189 Å². The monoisotopic (exact) mass is 458 g/mol. The summed E-state index contributed by atoms with van der Waals surface area (Å²) < 4.78 is 32.2. The number of rotatable bonds is 7. The zero-order valence-electron chi connectivity index (χ0n) is 18.5. The van der Waals surface area contributed by atoms with E-state index in [0.717, 1.165) is 36.8 Å². The summed E-state index contributed by atoms with van der Waals surface area (Å²) in [4.78, 5) is 24.9. The minimum absolute atomic E-state index is 0.00722. The van der Waals surface area contributed by atoms with Crippen LogP contribution in [0.25, 0.3) is 0 Å². The smallest absolute Gasteiger partial charge is 0.307 e. The van der Waals surface area contributed by atoms with Crippen molar-refractivity contribution in [1.29, 1.82) is 0 Å². The van der Waals surface area contributed by atoms with Crippen LogP contribution in [0.4, 0.5) is 0 Å². The van der Waals surface area contributed by atoms with E-state index in [9.17, 15) is 18.0 Å². The van der Waals surface area contributed by atoms with Gasteiger partial charge in [0.2, 0.25) is 10.0 Å². The van der Waals surface area contributed by atoms with E-state index in [1.165, 1.54) is 35.7 Å². The molecule has 1 heterocycles. The Kier molecular flexibility index (Phi) is 8.04. The second-order valence-corrected chi connectivity index (χ2v) is 10.00. The van der Waals surface area contributed by atoms with Crippen LogP contribution in [0.2, 0.25) is 0 Å². The maximum atomic E-state index is 12.9. The lowest BCUT2D eigenvalue weighted by molar-refractivity contribution is -0.141. The Hall–Kier alpha value is -2.71. The van der Waals surface area contributed by atoms with E-state index in [0.29, 0.717) is 18.7 Å². The van der Waals surface area contributed by atoms with Gasteiger partial charge in [0.15, 0.2) is 0 Å². The highest BCUT2D eigenvalue weighted by atomic mass is 32.2. The predicted molar refractivity (Wildman–Crippen MR) is 122 cm³/mol. The molecule has 172 valence electrons. The zero-order chi connectivity index (χ0) is 23.1. The molecule has 8 heteroatoms. The second kappa shape index (κ2) is 10.7. The first-order chi connectivity index (χ1) is 15.3. The van der Waals surface area contributed by atoms with Gasteiger partial charge >= 0.3 is 5.97 Å². The minimum Gasteiger partial charge on any atom is -0.469 e. The summed E-state index contributed by atoms with van der Waals surface area (Å²) in [5.74, 6) is -0.826. The summed E-state index contributed by atoms with van der Waals surface area (Å²) in [6.07, 6.45) is 3.80. The van der Waals surface area contributed by atoms with Gasteiger partial charge in [0.25, 0.3) is 5.91 Å². The van der Waals surface area contributed by atoms with Crippen molar-refractivity contribution in [2.24, 2.45) is 0 Å².